The average molecular weight is 264 g/mol. The molecule has 1 aromatic carbocycles. The second kappa shape index (κ2) is 5.14. The Hall–Kier alpha value is -0.620. The lowest BCUT2D eigenvalue weighted by Crippen LogP contribution is -2.30. The van der Waals surface area contributed by atoms with Crippen LogP contribution in [0.2, 0.25) is 5.02 Å². The van der Waals surface area contributed by atoms with Crippen molar-refractivity contribution in [3.63, 3.8) is 0 Å². The molecule has 0 bridgehead atoms. The van der Waals surface area contributed by atoms with Crippen molar-refractivity contribution in [2.45, 2.75) is 11.8 Å². The van der Waals surface area contributed by atoms with Crippen LogP contribution >= 0.6 is 11.6 Å². The van der Waals surface area contributed by atoms with E-state index in [0.717, 1.165) is 4.31 Å². The number of hydrogen-bond donors (Lipinski definition) is 1. The first-order valence-corrected chi connectivity index (χ1v) is 6.55. The normalized spacial score (nSPS) is 12.1. The molecule has 0 aliphatic carbocycles. The van der Waals surface area contributed by atoms with Crippen molar-refractivity contribution in [2.75, 3.05) is 20.2 Å². The van der Waals surface area contributed by atoms with Crippen LogP contribution in [-0.2, 0) is 10.0 Å². The number of rotatable bonds is 4. The average Bonchev–Trinajstić information content (AvgIpc) is 2.22. The maximum atomic E-state index is 12.1. The van der Waals surface area contributed by atoms with Gasteiger partial charge in [-0.25, -0.2) is 8.42 Å². The van der Waals surface area contributed by atoms with E-state index in [0.29, 0.717) is 10.6 Å². The minimum atomic E-state index is -3.57. The quantitative estimate of drug-likeness (QED) is 0.890. The molecule has 0 saturated heterocycles. The maximum Gasteiger partial charge on any atom is 0.243 e. The maximum absolute atomic E-state index is 12.1. The SMILES string of the molecule is Cc1c(Cl)cccc1S(=O)(=O)N(C)CCO. The van der Waals surface area contributed by atoms with Gasteiger partial charge >= 0.3 is 0 Å². The highest BCUT2D eigenvalue weighted by molar-refractivity contribution is 7.89. The van der Waals surface area contributed by atoms with Gasteiger partial charge in [0, 0.05) is 18.6 Å². The first-order chi connectivity index (χ1) is 7.41. The summed E-state index contributed by atoms with van der Waals surface area (Å²) >= 11 is 5.87. The summed E-state index contributed by atoms with van der Waals surface area (Å²) in [6.45, 7) is 1.51. The number of likely N-dealkylation sites (N-methyl/N-ethyl adjacent to an activating group) is 1. The van der Waals surface area contributed by atoms with Crippen LogP contribution in [0.1, 0.15) is 5.56 Å². The number of benzene rings is 1. The summed E-state index contributed by atoms with van der Waals surface area (Å²) < 4.78 is 25.2. The van der Waals surface area contributed by atoms with E-state index in [2.05, 4.69) is 0 Å². The van der Waals surface area contributed by atoms with Crippen LogP contribution in [0, 0.1) is 6.92 Å². The van der Waals surface area contributed by atoms with E-state index in [1.54, 1.807) is 19.1 Å². The fourth-order valence-corrected chi connectivity index (χ4v) is 2.93. The molecule has 0 aromatic heterocycles. The van der Waals surface area contributed by atoms with E-state index in [1.165, 1.54) is 13.1 Å². The molecule has 0 amide bonds. The van der Waals surface area contributed by atoms with E-state index in [4.69, 9.17) is 16.7 Å². The molecular formula is C10H14ClNO3S. The van der Waals surface area contributed by atoms with E-state index in [-0.39, 0.29) is 18.0 Å². The second-order valence-electron chi connectivity index (χ2n) is 3.41. The summed E-state index contributed by atoms with van der Waals surface area (Å²) in [5, 5.41) is 9.15. The Balaban J connectivity index is 3.22. The third-order valence-electron chi connectivity index (χ3n) is 2.32. The summed E-state index contributed by atoms with van der Waals surface area (Å²) in [4.78, 5) is 0.177. The van der Waals surface area contributed by atoms with Crippen LogP contribution in [0.5, 0.6) is 0 Å². The fourth-order valence-electron chi connectivity index (χ4n) is 1.30. The first-order valence-electron chi connectivity index (χ1n) is 4.73. The van der Waals surface area contributed by atoms with Gasteiger partial charge in [-0.05, 0) is 24.6 Å². The molecule has 0 atom stereocenters. The van der Waals surface area contributed by atoms with Gasteiger partial charge in [0.2, 0.25) is 10.0 Å². The Morgan fingerprint density at radius 3 is 2.62 bits per heavy atom. The Labute approximate surface area is 101 Å². The number of aliphatic hydroxyl groups excluding tert-OH is 1. The lowest BCUT2D eigenvalue weighted by Gasteiger charge is -2.17. The van der Waals surface area contributed by atoms with Gasteiger partial charge in [0.25, 0.3) is 0 Å². The fraction of sp³-hybridized carbons (Fsp3) is 0.400. The highest BCUT2D eigenvalue weighted by Crippen LogP contribution is 2.24. The third kappa shape index (κ3) is 2.55. The molecule has 1 aromatic rings. The molecule has 4 nitrogen and oxygen atoms in total. The van der Waals surface area contributed by atoms with E-state index in [1.807, 2.05) is 0 Å². The van der Waals surface area contributed by atoms with E-state index in [9.17, 15) is 8.42 Å². The van der Waals surface area contributed by atoms with Gasteiger partial charge < -0.3 is 5.11 Å². The summed E-state index contributed by atoms with van der Waals surface area (Å²) in [6.07, 6.45) is 0. The van der Waals surface area contributed by atoms with Gasteiger partial charge in [0.05, 0.1) is 11.5 Å². The minimum absolute atomic E-state index is 0.0638. The van der Waals surface area contributed by atoms with E-state index < -0.39 is 10.0 Å². The lowest BCUT2D eigenvalue weighted by molar-refractivity contribution is 0.266. The molecule has 6 heteroatoms. The first kappa shape index (κ1) is 13.4. The second-order valence-corrected chi connectivity index (χ2v) is 5.83. The Bertz CT molecular complexity index is 473. The highest BCUT2D eigenvalue weighted by Gasteiger charge is 2.22. The van der Waals surface area contributed by atoms with Crippen LogP contribution < -0.4 is 0 Å². The van der Waals surface area contributed by atoms with Crippen molar-refractivity contribution in [1.29, 1.82) is 0 Å². The van der Waals surface area contributed by atoms with Crippen LogP contribution in [0.15, 0.2) is 23.1 Å². The minimum Gasteiger partial charge on any atom is -0.395 e. The Kier molecular flexibility index (Phi) is 4.32. The molecule has 1 rings (SSSR count). The molecule has 0 radical (unpaired) electrons. The Morgan fingerprint density at radius 1 is 1.44 bits per heavy atom. The summed E-state index contributed by atoms with van der Waals surface area (Å²) in [7, 11) is -2.14. The van der Waals surface area contributed by atoms with Crippen molar-refractivity contribution in [3.05, 3.63) is 28.8 Å². The number of hydrogen-bond acceptors (Lipinski definition) is 3. The summed E-state index contributed by atoms with van der Waals surface area (Å²) in [6, 6.07) is 4.74. The molecule has 0 aliphatic heterocycles. The number of sulfonamides is 1. The zero-order chi connectivity index (χ0) is 12.3. The predicted octanol–water partition coefficient (Wildman–Crippen LogP) is 1.26. The van der Waals surface area contributed by atoms with Gasteiger partial charge in [-0.1, -0.05) is 17.7 Å². The molecule has 0 heterocycles. The zero-order valence-electron chi connectivity index (χ0n) is 9.14. The van der Waals surface area contributed by atoms with Gasteiger partial charge in [-0.3, -0.25) is 0 Å². The Morgan fingerprint density at radius 2 is 2.06 bits per heavy atom. The van der Waals surface area contributed by atoms with Crippen LogP contribution in [0.4, 0.5) is 0 Å². The largest absolute Gasteiger partial charge is 0.395 e. The molecule has 0 saturated carbocycles. The van der Waals surface area contributed by atoms with Gasteiger partial charge in [-0.15, -0.1) is 0 Å². The highest BCUT2D eigenvalue weighted by atomic mass is 35.5. The molecule has 0 unspecified atom stereocenters. The van der Waals surface area contributed by atoms with Crippen molar-refractivity contribution in [1.82, 2.24) is 4.31 Å². The van der Waals surface area contributed by atoms with Crippen molar-refractivity contribution < 1.29 is 13.5 Å². The van der Waals surface area contributed by atoms with Crippen molar-refractivity contribution >= 4 is 21.6 Å². The summed E-state index contributed by atoms with van der Waals surface area (Å²) in [5.74, 6) is 0. The van der Waals surface area contributed by atoms with Gasteiger partial charge in [0.1, 0.15) is 0 Å². The standard InChI is InChI=1S/C10H14ClNO3S/c1-8-9(11)4-3-5-10(8)16(14,15)12(2)6-7-13/h3-5,13H,6-7H2,1-2H3. The van der Waals surface area contributed by atoms with Crippen LogP contribution in [0.25, 0.3) is 0 Å². The topological polar surface area (TPSA) is 57.6 Å². The molecule has 0 spiro atoms. The van der Waals surface area contributed by atoms with Crippen molar-refractivity contribution in [2.24, 2.45) is 0 Å². The van der Waals surface area contributed by atoms with Crippen LogP contribution in [0.3, 0.4) is 0 Å². The van der Waals surface area contributed by atoms with Crippen LogP contribution in [-0.4, -0.2) is 38.0 Å². The monoisotopic (exact) mass is 263 g/mol. The number of nitrogens with zero attached hydrogens (tertiary/aromatic N) is 1. The molecule has 1 N–H and O–H groups in total. The van der Waals surface area contributed by atoms with Gasteiger partial charge in [-0.2, -0.15) is 4.31 Å². The van der Waals surface area contributed by atoms with E-state index >= 15 is 0 Å². The molecule has 0 aliphatic rings. The molecule has 0 fully saturated rings. The third-order valence-corrected chi connectivity index (χ3v) is 4.73. The van der Waals surface area contributed by atoms with Gasteiger partial charge in [0.15, 0.2) is 0 Å². The number of aliphatic hydroxyl groups is 1. The number of halogens is 1. The zero-order valence-corrected chi connectivity index (χ0v) is 10.7. The van der Waals surface area contributed by atoms with Crippen molar-refractivity contribution in [3.8, 4) is 0 Å². The smallest absolute Gasteiger partial charge is 0.243 e. The molecule has 90 valence electrons. The molecule has 16 heavy (non-hydrogen) atoms. The summed E-state index contributed by atoms with van der Waals surface area (Å²) in [5.41, 5.74) is 0.522. The molecular weight excluding hydrogens is 250 g/mol. The lowest BCUT2D eigenvalue weighted by atomic mass is 10.2. The predicted molar refractivity (Wildman–Crippen MR) is 63.1 cm³/mol.